The van der Waals surface area contributed by atoms with Gasteiger partial charge in [-0.1, -0.05) is 0 Å². The minimum Gasteiger partial charge on any atom is -0.322 e. The largest absolute Gasteiger partial charge is 0.322 e. The van der Waals surface area contributed by atoms with Crippen molar-refractivity contribution in [1.29, 1.82) is 0 Å². The summed E-state index contributed by atoms with van der Waals surface area (Å²) in [6.07, 6.45) is 0. The Labute approximate surface area is 93.8 Å². The van der Waals surface area contributed by atoms with Crippen molar-refractivity contribution in [3.63, 3.8) is 0 Å². The molecule has 1 aromatic rings. The Balaban J connectivity index is 2.96. The highest BCUT2D eigenvalue weighted by atomic mass is 79.9. The van der Waals surface area contributed by atoms with Crippen LogP contribution in [0.4, 0.5) is 14.5 Å². The van der Waals surface area contributed by atoms with Crippen molar-refractivity contribution < 1.29 is 13.6 Å². The van der Waals surface area contributed by atoms with Crippen LogP contribution in [-0.4, -0.2) is 11.9 Å². The molecule has 3 nitrogen and oxygen atoms in total. The Hall–Kier alpha value is -1.01. The quantitative estimate of drug-likeness (QED) is 0.814. The molecule has 0 aliphatic carbocycles. The number of carbonyl (C=O) groups excluding carboxylic acids is 1. The maximum atomic E-state index is 13.2. The first-order valence-corrected chi connectivity index (χ1v) is 4.92. The second-order valence-corrected chi connectivity index (χ2v) is 3.88. The van der Waals surface area contributed by atoms with Crippen LogP contribution in [0.25, 0.3) is 0 Å². The van der Waals surface area contributed by atoms with Crippen molar-refractivity contribution in [2.24, 2.45) is 5.73 Å². The number of anilines is 1. The van der Waals surface area contributed by atoms with Crippen molar-refractivity contribution in [2.45, 2.75) is 13.0 Å². The van der Waals surface area contributed by atoms with E-state index < -0.39 is 23.6 Å². The van der Waals surface area contributed by atoms with Gasteiger partial charge in [0.15, 0.2) is 0 Å². The van der Waals surface area contributed by atoms with Gasteiger partial charge in [-0.2, -0.15) is 0 Å². The van der Waals surface area contributed by atoms with Crippen LogP contribution in [0, 0.1) is 11.6 Å². The van der Waals surface area contributed by atoms with E-state index in [1.807, 2.05) is 0 Å². The van der Waals surface area contributed by atoms with E-state index in [1.54, 1.807) is 0 Å². The van der Waals surface area contributed by atoms with Crippen LogP contribution >= 0.6 is 15.9 Å². The second-order valence-electron chi connectivity index (χ2n) is 3.02. The lowest BCUT2D eigenvalue weighted by atomic mass is 10.2. The Kier molecular flexibility index (Phi) is 3.76. The molecule has 0 bridgehead atoms. The number of nitrogens with one attached hydrogen (secondary N) is 1. The van der Waals surface area contributed by atoms with E-state index >= 15 is 0 Å². The average molecular weight is 279 g/mol. The molecule has 1 atom stereocenters. The number of benzene rings is 1. The predicted molar refractivity (Wildman–Crippen MR) is 56.3 cm³/mol. The van der Waals surface area contributed by atoms with E-state index in [2.05, 4.69) is 21.2 Å². The summed E-state index contributed by atoms with van der Waals surface area (Å²) >= 11 is 2.82. The molecule has 0 heterocycles. The predicted octanol–water partition coefficient (Wildman–Crippen LogP) is 2.01. The fraction of sp³-hybridized carbons (Fsp3) is 0.222. The van der Waals surface area contributed by atoms with Crippen LogP contribution in [0.1, 0.15) is 6.92 Å². The summed E-state index contributed by atoms with van der Waals surface area (Å²) in [6.45, 7) is 1.45. The molecule has 82 valence electrons. The minimum atomic E-state index is -0.781. The van der Waals surface area contributed by atoms with Crippen LogP contribution in [0.2, 0.25) is 0 Å². The van der Waals surface area contributed by atoms with E-state index in [1.165, 1.54) is 6.92 Å². The zero-order chi connectivity index (χ0) is 11.6. The summed E-state index contributed by atoms with van der Waals surface area (Å²) in [4.78, 5) is 11.1. The summed E-state index contributed by atoms with van der Waals surface area (Å²) < 4.78 is 26.2. The molecule has 6 heteroatoms. The first kappa shape index (κ1) is 12.1. The fourth-order valence-corrected chi connectivity index (χ4v) is 1.18. The zero-order valence-corrected chi connectivity index (χ0v) is 9.44. The maximum Gasteiger partial charge on any atom is 0.241 e. The molecule has 0 fully saturated rings. The lowest BCUT2D eigenvalue weighted by Crippen LogP contribution is -2.32. The van der Waals surface area contributed by atoms with Crippen molar-refractivity contribution in [2.75, 3.05) is 5.32 Å². The van der Waals surface area contributed by atoms with Crippen molar-refractivity contribution in [3.8, 4) is 0 Å². The van der Waals surface area contributed by atoms with Gasteiger partial charge in [0.05, 0.1) is 16.2 Å². The summed E-state index contributed by atoms with van der Waals surface area (Å²) in [6, 6.07) is 1.04. The number of hydrogen-bond donors (Lipinski definition) is 2. The first-order valence-electron chi connectivity index (χ1n) is 4.13. The van der Waals surface area contributed by atoms with Crippen molar-refractivity contribution in [1.82, 2.24) is 0 Å². The molecular weight excluding hydrogens is 270 g/mol. The number of halogens is 3. The molecule has 0 unspecified atom stereocenters. The monoisotopic (exact) mass is 278 g/mol. The van der Waals surface area contributed by atoms with Crippen LogP contribution in [-0.2, 0) is 4.79 Å². The van der Waals surface area contributed by atoms with Gasteiger partial charge in [-0.05, 0) is 28.9 Å². The number of amides is 1. The van der Waals surface area contributed by atoms with Gasteiger partial charge in [-0.3, -0.25) is 4.79 Å². The standard InChI is InChI=1S/C9H9BrF2N2O/c1-4(13)9(15)14-8-3-6(11)5(10)2-7(8)12/h2-4H,13H2,1H3,(H,14,15)/t4-/m1/s1. The molecule has 1 aromatic carbocycles. The molecule has 0 aromatic heterocycles. The molecule has 0 radical (unpaired) electrons. The first-order chi connectivity index (χ1) is 6.91. The molecule has 0 saturated carbocycles. The Morgan fingerprint density at radius 2 is 2.07 bits per heavy atom. The molecule has 0 saturated heterocycles. The van der Waals surface area contributed by atoms with Gasteiger partial charge >= 0.3 is 0 Å². The van der Waals surface area contributed by atoms with E-state index in [0.717, 1.165) is 12.1 Å². The Morgan fingerprint density at radius 3 is 2.60 bits per heavy atom. The molecule has 0 spiro atoms. The summed E-state index contributed by atoms with van der Waals surface area (Å²) in [7, 11) is 0. The van der Waals surface area contributed by atoms with Crippen LogP contribution < -0.4 is 11.1 Å². The maximum absolute atomic E-state index is 13.2. The SMILES string of the molecule is C[C@@H](N)C(=O)Nc1cc(F)c(Br)cc1F. The third-order valence-electron chi connectivity index (χ3n) is 1.68. The average Bonchev–Trinajstić information content (AvgIpc) is 2.13. The minimum absolute atomic E-state index is 0.00111. The number of rotatable bonds is 2. The topological polar surface area (TPSA) is 55.1 Å². The summed E-state index contributed by atoms with van der Waals surface area (Å²) in [5.74, 6) is -1.95. The van der Waals surface area contributed by atoms with E-state index in [-0.39, 0.29) is 10.2 Å². The van der Waals surface area contributed by atoms with Gasteiger partial charge in [-0.25, -0.2) is 8.78 Å². The van der Waals surface area contributed by atoms with E-state index in [4.69, 9.17) is 5.73 Å². The number of nitrogens with two attached hydrogens (primary N) is 1. The van der Waals surface area contributed by atoms with Gasteiger partial charge < -0.3 is 11.1 Å². The molecule has 0 aliphatic rings. The molecule has 1 rings (SSSR count). The lowest BCUT2D eigenvalue weighted by molar-refractivity contribution is -0.117. The Bertz CT molecular complexity index is 396. The van der Waals surface area contributed by atoms with Gasteiger partial charge in [0.25, 0.3) is 0 Å². The smallest absolute Gasteiger partial charge is 0.241 e. The molecule has 3 N–H and O–H groups in total. The zero-order valence-electron chi connectivity index (χ0n) is 7.85. The normalized spacial score (nSPS) is 12.3. The summed E-state index contributed by atoms with van der Waals surface area (Å²) in [5.41, 5.74) is 5.04. The molecular formula is C9H9BrF2N2O. The lowest BCUT2D eigenvalue weighted by Gasteiger charge is -2.09. The highest BCUT2D eigenvalue weighted by Gasteiger charge is 2.13. The van der Waals surface area contributed by atoms with Crippen LogP contribution in [0.5, 0.6) is 0 Å². The van der Waals surface area contributed by atoms with Gasteiger partial charge in [0.1, 0.15) is 11.6 Å². The highest BCUT2D eigenvalue weighted by Crippen LogP contribution is 2.23. The third kappa shape index (κ3) is 2.97. The van der Waals surface area contributed by atoms with Gasteiger partial charge in [0, 0.05) is 6.07 Å². The van der Waals surface area contributed by atoms with Crippen LogP contribution in [0.3, 0.4) is 0 Å². The number of hydrogen-bond acceptors (Lipinski definition) is 2. The third-order valence-corrected chi connectivity index (χ3v) is 2.29. The molecule has 15 heavy (non-hydrogen) atoms. The van der Waals surface area contributed by atoms with Crippen LogP contribution in [0.15, 0.2) is 16.6 Å². The fourth-order valence-electron chi connectivity index (χ4n) is 0.865. The second kappa shape index (κ2) is 4.67. The van der Waals surface area contributed by atoms with E-state index in [0.29, 0.717) is 0 Å². The van der Waals surface area contributed by atoms with Gasteiger partial charge in [0.2, 0.25) is 5.91 Å². The molecule has 1 amide bonds. The van der Waals surface area contributed by atoms with Crippen molar-refractivity contribution >= 4 is 27.5 Å². The van der Waals surface area contributed by atoms with Gasteiger partial charge in [-0.15, -0.1) is 0 Å². The highest BCUT2D eigenvalue weighted by molar-refractivity contribution is 9.10. The van der Waals surface area contributed by atoms with Crippen molar-refractivity contribution in [3.05, 3.63) is 28.2 Å². The number of carbonyl (C=O) groups is 1. The summed E-state index contributed by atoms with van der Waals surface area (Å²) in [5, 5.41) is 2.18. The molecule has 0 aliphatic heterocycles. The Morgan fingerprint density at radius 1 is 1.47 bits per heavy atom. The van der Waals surface area contributed by atoms with E-state index in [9.17, 15) is 13.6 Å².